The number of aryl methyl sites for hydroxylation is 1. The summed E-state index contributed by atoms with van der Waals surface area (Å²) in [6, 6.07) is 20.6. The maximum Gasteiger partial charge on any atom is 0.298 e. The molecule has 0 radical (unpaired) electrons. The molecular formula is C29H28ClNO4S. The van der Waals surface area contributed by atoms with Crippen molar-refractivity contribution in [2.24, 2.45) is 0 Å². The molecule has 1 fully saturated rings. The number of halogens is 1. The number of amides is 2. The molecule has 0 N–H and O–H groups in total. The number of carbonyl (C=O) groups excluding carboxylic acids is 2. The van der Waals surface area contributed by atoms with Gasteiger partial charge in [-0.15, -0.1) is 0 Å². The van der Waals surface area contributed by atoms with E-state index in [1.54, 1.807) is 12.1 Å². The molecule has 0 atom stereocenters. The number of carbonyl (C=O) groups is 2. The topological polar surface area (TPSA) is 55.8 Å². The first-order valence-corrected chi connectivity index (χ1v) is 13.2. The Labute approximate surface area is 221 Å². The minimum absolute atomic E-state index is 0.301. The summed E-state index contributed by atoms with van der Waals surface area (Å²) in [5, 5.41) is 0.329. The Morgan fingerprint density at radius 3 is 2.44 bits per heavy atom. The summed E-state index contributed by atoms with van der Waals surface area (Å²) < 4.78 is 11.7. The molecule has 0 bridgehead atoms. The number of nitrogens with zero attached hydrogens (tertiary/aromatic N) is 1. The Balaban J connectivity index is 1.51. The average Bonchev–Trinajstić information content (AvgIpc) is 3.16. The summed E-state index contributed by atoms with van der Waals surface area (Å²) in [7, 11) is 0. The molecule has 7 heteroatoms. The van der Waals surface area contributed by atoms with E-state index in [2.05, 4.69) is 6.92 Å². The van der Waals surface area contributed by atoms with Crippen LogP contribution in [0.2, 0.25) is 5.02 Å². The van der Waals surface area contributed by atoms with E-state index in [0.717, 1.165) is 42.2 Å². The highest BCUT2D eigenvalue weighted by atomic mass is 35.5. The van der Waals surface area contributed by atoms with Crippen LogP contribution in [0.15, 0.2) is 71.6 Å². The number of anilines is 1. The Morgan fingerprint density at radius 2 is 1.72 bits per heavy atom. The van der Waals surface area contributed by atoms with Crippen LogP contribution in [-0.4, -0.2) is 17.8 Å². The SMILES string of the molecule is CCCCc1ccc(N2C(=O)S/C(=C\c3ccc(OCc4ccccc4Cl)c(OCC)c3)C2=O)cc1. The van der Waals surface area contributed by atoms with Crippen LogP contribution in [0.3, 0.4) is 0 Å². The smallest absolute Gasteiger partial charge is 0.298 e. The Bertz CT molecular complexity index is 1270. The van der Waals surface area contributed by atoms with Crippen LogP contribution in [0.5, 0.6) is 11.5 Å². The van der Waals surface area contributed by atoms with Crippen molar-refractivity contribution in [2.75, 3.05) is 11.5 Å². The first kappa shape index (κ1) is 25.9. The van der Waals surface area contributed by atoms with Crippen molar-refractivity contribution in [3.05, 3.63) is 93.3 Å². The lowest BCUT2D eigenvalue weighted by Gasteiger charge is -2.14. The summed E-state index contributed by atoms with van der Waals surface area (Å²) in [5.41, 5.74) is 3.39. The van der Waals surface area contributed by atoms with E-state index in [-0.39, 0.29) is 11.1 Å². The lowest BCUT2D eigenvalue weighted by Crippen LogP contribution is -2.27. The van der Waals surface area contributed by atoms with E-state index in [1.807, 2.05) is 67.6 Å². The van der Waals surface area contributed by atoms with Gasteiger partial charge in [-0.2, -0.15) is 0 Å². The molecule has 4 rings (SSSR count). The molecule has 186 valence electrons. The number of thioether (sulfide) groups is 1. The van der Waals surface area contributed by atoms with Gasteiger partial charge < -0.3 is 9.47 Å². The number of ether oxygens (including phenoxy) is 2. The maximum atomic E-state index is 13.1. The summed E-state index contributed by atoms with van der Waals surface area (Å²) in [4.78, 5) is 27.4. The zero-order chi connectivity index (χ0) is 25.5. The van der Waals surface area contributed by atoms with Gasteiger partial charge >= 0.3 is 0 Å². The second-order valence-corrected chi connectivity index (χ2v) is 9.71. The predicted octanol–water partition coefficient (Wildman–Crippen LogP) is 7.90. The number of rotatable bonds is 10. The standard InChI is InChI=1S/C29H28ClNO4S/c1-3-5-8-20-11-14-23(15-12-20)31-28(32)27(36-29(31)33)18-21-13-16-25(26(17-21)34-4-2)35-19-22-9-6-7-10-24(22)30/h6-7,9-18H,3-5,8,19H2,1-2H3/b27-18-. The summed E-state index contributed by atoms with van der Waals surface area (Å²) in [6.45, 7) is 4.80. The van der Waals surface area contributed by atoms with E-state index in [1.165, 1.54) is 10.5 Å². The van der Waals surface area contributed by atoms with Crippen molar-refractivity contribution in [1.29, 1.82) is 0 Å². The van der Waals surface area contributed by atoms with Gasteiger partial charge in [0.2, 0.25) is 0 Å². The van der Waals surface area contributed by atoms with Crippen molar-refractivity contribution < 1.29 is 19.1 Å². The summed E-state index contributed by atoms with van der Waals surface area (Å²) >= 11 is 7.17. The predicted molar refractivity (Wildman–Crippen MR) is 147 cm³/mol. The fourth-order valence-corrected chi connectivity index (χ4v) is 4.84. The molecule has 36 heavy (non-hydrogen) atoms. The van der Waals surface area contributed by atoms with E-state index in [9.17, 15) is 9.59 Å². The van der Waals surface area contributed by atoms with Crippen molar-refractivity contribution in [3.8, 4) is 11.5 Å². The molecule has 1 aliphatic heterocycles. The minimum Gasteiger partial charge on any atom is -0.490 e. The van der Waals surface area contributed by atoms with E-state index in [0.29, 0.717) is 40.3 Å². The largest absolute Gasteiger partial charge is 0.490 e. The lowest BCUT2D eigenvalue weighted by molar-refractivity contribution is -0.113. The first-order valence-electron chi connectivity index (χ1n) is 12.0. The van der Waals surface area contributed by atoms with Gasteiger partial charge in [-0.3, -0.25) is 9.59 Å². The molecule has 3 aromatic carbocycles. The van der Waals surface area contributed by atoms with Crippen LogP contribution in [0.1, 0.15) is 43.4 Å². The van der Waals surface area contributed by atoms with Gasteiger partial charge in [0.15, 0.2) is 11.5 Å². The Hall–Kier alpha value is -3.22. The van der Waals surface area contributed by atoms with Gasteiger partial charge in [0.05, 0.1) is 17.2 Å². The average molecular weight is 522 g/mol. The molecule has 1 heterocycles. The first-order chi connectivity index (χ1) is 17.5. The van der Waals surface area contributed by atoms with Gasteiger partial charge in [-0.25, -0.2) is 4.90 Å². The van der Waals surface area contributed by atoms with Crippen molar-refractivity contribution in [2.45, 2.75) is 39.7 Å². The Kier molecular flexibility index (Phi) is 8.73. The van der Waals surface area contributed by atoms with Gasteiger partial charge in [-0.05, 0) is 79.1 Å². The van der Waals surface area contributed by atoms with Gasteiger partial charge in [-0.1, -0.05) is 61.3 Å². The fraction of sp³-hybridized carbons (Fsp3) is 0.241. The van der Waals surface area contributed by atoms with E-state index in [4.69, 9.17) is 21.1 Å². The quantitative estimate of drug-likeness (QED) is 0.254. The fourth-order valence-electron chi connectivity index (χ4n) is 3.81. The van der Waals surface area contributed by atoms with Crippen molar-refractivity contribution in [1.82, 2.24) is 0 Å². The van der Waals surface area contributed by atoms with Crippen LogP contribution in [0.25, 0.3) is 6.08 Å². The van der Waals surface area contributed by atoms with Crippen molar-refractivity contribution >= 4 is 46.3 Å². The van der Waals surface area contributed by atoms with E-state index < -0.39 is 0 Å². The van der Waals surface area contributed by atoms with Crippen LogP contribution in [0, 0.1) is 0 Å². The number of benzene rings is 3. The van der Waals surface area contributed by atoms with Crippen LogP contribution in [-0.2, 0) is 17.8 Å². The third-order valence-electron chi connectivity index (χ3n) is 5.71. The number of hydrogen-bond donors (Lipinski definition) is 0. The van der Waals surface area contributed by atoms with Crippen LogP contribution >= 0.6 is 23.4 Å². The summed E-state index contributed by atoms with van der Waals surface area (Å²) in [6.07, 6.45) is 4.92. The third-order valence-corrected chi connectivity index (χ3v) is 6.95. The number of unbranched alkanes of at least 4 members (excludes halogenated alkanes) is 1. The molecule has 3 aromatic rings. The molecule has 0 saturated carbocycles. The molecule has 2 amide bonds. The monoisotopic (exact) mass is 521 g/mol. The molecule has 5 nitrogen and oxygen atoms in total. The highest BCUT2D eigenvalue weighted by Gasteiger charge is 2.36. The summed E-state index contributed by atoms with van der Waals surface area (Å²) in [5.74, 6) is 0.800. The zero-order valence-corrected chi connectivity index (χ0v) is 21.9. The lowest BCUT2D eigenvalue weighted by atomic mass is 10.1. The van der Waals surface area contributed by atoms with Gasteiger partial charge in [0.1, 0.15) is 6.61 Å². The highest BCUT2D eigenvalue weighted by Crippen LogP contribution is 2.37. The highest BCUT2D eigenvalue weighted by molar-refractivity contribution is 8.19. The second-order valence-electron chi connectivity index (χ2n) is 8.31. The van der Waals surface area contributed by atoms with Crippen LogP contribution in [0.4, 0.5) is 10.5 Å². The van der Waals surface area contributed by atoms with Crippen LogP contribution < -0.4 is 14.4 Å². The molecule has 0 aromatic heterocycles. The minimum atomic E-state index is -0.330. The number of imide groups is 1. The molecule has 1 aliphatic rings. The molecule has 0 spiro atoms. The number of hydrogen-bond acceptors (Lipinski definition) is 5. The molecule has 0 aliphatic carbocycles. The van der Waals surface area contributed by atoms with Crippen molar-refractivity contribution in [3.63, 3.8) is 0 Å². The normalized spacial score (nSPS) is 14.5. The molecular weight excluding hydrogens is 494 g/mol. The Morgan fingerprint density at radius 1 is 0.944 bits per heavy atom. The molecule has 1 saturated heterocycles. The van der Waals surface area contributed by atoms with Gasteiger partial charge in [0, 0.05) is 10.6 Å². The van der Waals surface area contributed by atoms with Gasteiger partial charge in [0.25, 0.3) is 11.1 Å². The second kappa shape index (κ2) is 12.2. The zero-order valence-electron chi connectivity index (χ0n) is 20.3. The maximum absolute atomic E-state index is 13.1. The third kappa shape index (κ3) is 6.12. The molecule has 0 unspecified atom stereocenters. The van der Waals surface area contributed by atoms with E-state index >= 15 is 0 Å².